The Labute approximate surface area is 190 Å². The molecule has 1 amide bonds. The summed E-state index contributed by atoms with van der Waals surface area (Å²) < 4.78 is 5.17. The van der Waals surface area contributed by atoms with E-state index in [2.05, 4.69) is 10.6 Å². The molecule has 2 N–H and O–H groups in total. The Morgan fingerprint density at radius 1 is 1.10 bits per heavy atom. The van der Waals surface area contributed by atoms with Crippen LogP contribution in [-0.4, -0.2) is 28.5 Å². The van der Waals surface area contributed by atoms with Gasteiger partial charge in [-0.25, -0.2) is 0 Å². The Morgan fingerprint density at radius 2 is 1.84 bits per heavy atom. The van der Waals surface area contributed by atoms with Crippen LogP contribution in [0.4, 0.5) is 11.4 Å². The summed E-state index contributed by atoms with van der Waals surface area (Å²) in [5.74, 6) is -0.729. The van der Waals surface area contributed by atoms with Gasteiger partial charge in [-0.2, -0.15) is 0 Å². The highest BCUT2D eigenvalue weighted by molar-refractivity contribution is 7.80. The molecule has 31 heavy (non-hydrogen) atoms. The second kappa shape index (κ2) is 12.6. The molecule has 0 bridgehead atoms. The number of hydrogen-bond donors (Lipinski definition) is 2. The van der Waals surface area contributed by atoms with Gasteiger partial charge in [0.1, 0.15) is 5.02 Å². The van der Waals surface area contributed by atoms with Gasteiger partial charge in [-0.15, -0.1) is 0 Å². The lowest BCUT2D eigenvalue weighted by Gasteiger charge is -2.10. The van der Waals surface area contributed by atoms with E-state index in [1.165, 1.54) is 23.8 Å². The fourth-order valence-electron chi connectivity index (χ4n) is 2.65. The zero-order valence-electron chi connectivity index (χ0n) is 16.6. The number of rotatable bonds is 10. The Bertz CT molecular complexity index is 940. The van der Waals surface area contributed by atoms with Crippen molar-refractivity contribution in [2.45, 2.75) is 32.1 Å². The number of halogens is 1. The van der Waals surface area contributed by atoms with Crippen LogP contribution in [0, 0.1) is 10.1 Å². The van der Waals surface area contributed by atoms with Crippen LogP contribution in [0.25, 0.3) is 0 Å². The number of ether oxygens (including phenoxy) is 1. The van der Waals surface area contributed by atoms with E-state index in [1.54, 1.807) is 0 Å². The molecule has 164 valence electrons. The number of esters is 1. The van der Waals surface area contributed by atoms with Crippen molar-refractivity contribution < 1.29 is 19.2 Å². The fraction of sp³-hybridized carbons (Fsp3) is 0.286. The molecular formula is C21H22ClN3O5S. The predicted octanol–water partition coefficient (Wildman–Crippen LogP) is 4.41. The number of nitro benzene ring substituents is 1. The van der Waals surface area contributed by atoms with Crippen LogP contribution in [0.3, 0.4) is 0 Å². The van der Waals surface area contributed by atoms with Gasteiger partial charge in [-0.05, 0) is 49.2 Å². The molecule has 0 aromatic heterocycles. The maximum atomic E-state index is 12.0. The number of nitrogens with one attached hydrogen (secondary N) is 2. The van der Waals surface area contributed by atoms with Crippen molar-refractivity contribution in [3.63, 3.8) is 0 Å². The lowest BCUT2D eigenvalue weighted by molar-refractivity contribution is -0.384. The van der Waals surface area contributed by atoms with Gasteiger partial charge in [-0.1, -0.05) is 41.9 Å². The number of aryl methyl sites for hydroxylation is 1. The van der Waals surface area contributed by atoms with E-state index in [1.807, 2.05) is 30.3 Å². The molecule has 0 aliphatic rings. The number of hydrogen-bond acceptors (Lipinski definition) is 6. The molecule has 8 nitrogen and oxygen atoms in total. The molecule has 0 saturated heterocycles. The molecule has 0 saturated carbocycles. The number of anilines is 1. The second-order valence-electron chi connectivity index (χ2n) is 6.59. The van der Waals surface area contributed by atoms with E-state index >= 15 is 0 Å². The second-order valence-corrected chi connectivity index (χ2v) is 7.40. The fourth-order valence-corrected chi connectivity index (χ4v) is 3.07. The summed E-state index contributed by atoms with van der Waals surface area (Å²) in [6, 6.07) is 14.0. The molecule has 0 aliphatic carbocycles. The average Bonchev–Trinajstić information content (AvgIpc) is 2.73. The smallest absolute Gasteiger partial charge is 0.305 e. The van der Waals surface area contributed by atoms with Gasteiger partial charge in [0.2, 0.25) is 5.91 Å². The van der Waals surface area contributed by atoms with Crippen molar-refractivity contribution in [2.75, 3.05) is 11.9 Å². The summed E-state index contributed by atoms with van der Waals surface area (Å²) in [4.78, 5) is 34.0. The molecule has 10 heteroatoms. The molecule has 0 unspecified atom stereocenters. The van der Waals surface area contributed by atoms with Gasteiger partial charge < -0.3 is 15.4 Å². The number of benzene rings is 2. The van der Waals surface area contributed by atoms with Crippen molar-refractivity contribution in [3.8, 4) is 0 Å². The Kier molecular flexibility index (Phi) is 9.86. The van der Waals surface area contributed by atoms with Gasteiger partial charge in [0, 0.05) is 24.6 Å². The first-order chi connectivity index (χ1) is 14.8. The number of nitrogens with zero attached hydrogens (tertiary/aromatic N) is 1. The minimum absolute atomic E-state index is 0.00236. The zero-order chi connectivity index (χ0) is 22.6. The van der Waals surface area contributed by atoms with Crippen LogP contribution in [0.5, 0.6) is 0 Å². The van der Waals surface area contributed by atoms with Crippen molar-refractivity contribution in [3.05, 3.63) is 69.2 Å². The molecule has 0 fully saturated rings. The number of nitro groups is 1. The summed E-state index contributed by atoms with van der Waals surface area (Å²) in [5.41, 5.74) is 1.23. The largest absolute Gasteiger partial charge is 0.466 e. The molecule has 0 atom stereocenters. The van der Waals surface area contributed by atoms with E-state index in [-0.39, 0.29) is 40.5 Å². The zero-order valence-corrected chi connectivity index (χ0v) is 18.2. The first-order valence-corrected chi connectivity index (χ1v) is 10.4. The number of thiocarbonyl (C=S) groups is 1. The summed E-state index contributed by atoms with van der Waals surface area (Å²) >= 11 is 10.8. The Hall–Kier alpha value is -3.04. The van der Waals surface area contributed by atoms with Gasteiger partial charge in [-0.3, -0.25) is 19.7 Å². The molecule has 0 radical (unpaired) electrons. The maximum absolute atomic E-state index is 12.0. The van der Waals surface area contributed by atoms with Crippen LogP contribution >= 0.6 is 23.8 Å². The number of carbonyl (C=O) groups is 2. The first-order valence-electron chi connectivity index (χ1n) is 9.59. The Balaban J connectivity index is 1.61. The van der Waals surface area contributed by atoms with Crippen LogP contribution in [0.2, 0.25) is 5.02 Å². The third-order valence-electron chi connectivity index (χ3n) is 4.15. The number of carbonyl (C=O) groups excluding carboxylic acids is 2. The predicted molar refractivity (Wildman–Crippen MR) is 122 cm³/mol. The third kappa shape index (κ3) is 9.10. The highest BCUT2D eigenvalue weighted by Gasteiger charge is 2.14. The number of amides is 1. The van der Waals surface area contributed by atoms with Crippen molar-refractivity contribution in [1.82, 2.24) is 5.32 Å². The minimum atomic E-state index is -0.615. The monoisotopic (exact) mass is 463 g/mol. The topological polar surface area (TPSA) is 111 Å². The summed E-state index contributed by atoms with van der Waals surface area (Å²) in [6.07, 6.45) is 2.10. The standard InChI is InChI=1S/C21H22ClN3O5S/c22-17-12-11-16(14-18(17)25(28)29)23-21(31)24-19(26)9-4-10-20(27)30-13-5-8-15-6-2-1-3-7-15/h1-3,6-7,11-12,14H,4-5,8-10,13H2,(H2,23,24,26,31). The van der Waals surface area contributed by atoms with Gasteiger partial charge in [0.05, 0.1) is 11.5 Å². The summed E-state index contributed by atoms with van der Waals surface area (Å²) in [5, 5.41) is 16.0. The average molecular weight is 464 g/mol. The quantitative estimate of drug-likeness (QED) is 0.176. The molecular weight excluding hydrogens is 442 g/mol. The van der Waals surface area contributed by atoms with E-state index in [9.17, 15) is 19.7 Å². The molecule has 0 aliphatic heterocycles. The van der Waals surface area contributed by atoms with E-state index in [0.717, 1.165) is 12.8 Å². The summed E-state index contributed by atoms with van der Waals surface area (Å²) in [7, 11) is 0. The molecule has 0 heterocycles. The van der Waals surface area contributed by atoms with Crippen molar-refractivity contribution >= 4 is 52.2 Å². The highest BCUT2D eigenvalue weighted by atomic mass is 35.5. The molecule has 0 spiro atoms. The van der Waals surface area contributed by atoms with Crippen LogP contribution in [-0.2, 0) is 20.7 Å². The lowest BCUT2D eigenvalue weighted by Crippen LogP contribution is -2.34. The molecule has 2 rings (SSSR count). The van der Waals surface area contributed by atoms with E-state index in [4.69, 9.17) is 28.6 Å². The SMILES string of the molecule is O=C(CCCC(=O)OCCCc1ccccc1)NC(=S)Nc1ccc(Cl)c([N+](=O)[O-])c1. The Morgan fingerprint density at radius 3 is 2.55 bits per heavy atom. The van der Waals surface area contributed by atoms with Crippen molar-refractivity contribution in [2.24, 2.45) is 0 Å². The van der Waals surface area contributed by atoms with Gasteiger partial charge in [0.15, 0.2) is 5.11 Å². The summed E-state index contributed by atoms with van der Waals surface area (Å²) in [6.45, 7) is 0.334. The lowest BCUT2D eigenvalue weighted by atomic mass is 10.1. The van der Waals surface area contributed by atoms with Crippen LogP contribution in [0.1, 0.15) is 31.2 Å². The van der Waals surface area contributed by atoms with Crippen LogP contribution < -0.4 is 10.6 Å². The highest BCUT2D eigenvalue weighted by Crippen LogP contribution is 2.27. The first kappa shape index (κ1) is 24.2. The minimum Gasteiger partial charge on any atom is -0.466 e. The van der Waals surface area contributed by atoms with Gasteiger partial charge >= 0.3 is 5.97 Å². The maximum Gasteiger partial charge on any atom is 0.305 e. The van der Waals surface area contributed by atoms with Crippen LogP contribution in [0.15, 0.2) is 48.5 Å². The third-order valence-corrected chi connectivity index (χ3v) is 4.68. The normalized spacial score (nSPS) is 10.2. The molecule has 2 aromatic carbocycles. The van der Waals surface area contributed by atoms with Crippen molar-refractivity contribution in [1.29, 1.82) is 0 Å². The van der Waals surface area contributed by atoms with Gasteiger partial charge in [0.25, 0.3) is 5.69 Å². The van der Waals surface area contributed by atoms with E-state index in [0.29, 0.717) is 18.7 Å². The van der Waals surface area contributed by atoms with E-state index < -0.39 is 4.92 Å². The molecule has 2 aromatic rings.